The highest BCUT2D eigenvalue weighted by Gasteiger charge is 2.00. The summed E-state index contributed by atoms with van der Waals surface area (Å²) in [5, 5.41) is 7.63. The van der Waals surface area contributed by atoms with Crippen LogP contribution in [-0.2, 0) is 13.1 Å². The standard InChI is InChI=1S/C14H20N4/c1-11(2)15-7-13-4-5-14(16-8-13)10-18-9-12(3)6-17-18/h4-6,8-9,11,15H,7,10H2,1-3H3. The molecule has 0 radical (unpaired) electrons. The average molecular weight is 244 g/mol. The predicted molar refractivity (Wildman–Crippen MR) is 72.3 cm³/mol. The SMILES string of the molecule is Cc1cnn(Cc2ccc(CNC(C)C)cn2)c1. The Bertz CT molecular complexity index is 485. The molecule has 2 aromatic rings. The topological polar surface area (TPSA) is 42.7 Å². The van der Waals surface area contributed by atoms with Gasteiger partial charge in [0.15, 0.2) is 0 Å². The third kappa shape index (κ3) is 3.67. The zero-order valence-electron chi connectivity index (χ0n) is 11.2. The molecule has 0 aromatic carbocycles. The van der Waals surface area contributed by atoms with Crippen LogP contribution in [0.4, 0.5) is 0 Å². The van der Waals surface area contributed by atoms with Crippen molar-refractivity contribution in [1.82, 2.24) is 20.1 Å². The molecule has 2 heterocycles. The van der Waals surface area contributed by atoms with Crippen LogP contribution in [0.15, 0.2) is 30.7 Å². The monoisotopic (exact) mass is 244 g/mol. The minimum Gasteiger partial charge on any atom is -0.310 e. The second-order valence-corrected chi connectivity index (χ2v) is 4.91. The van der Waals surface area contributed by atoms with E-state index in [-0.39, 0.29) is 0 Å². The van der Waals surface area contributed by atoms with Gasteiger partial charge in [0.25, 0.3) is 0 Å². The molecular weight excluding hydrogens is 224 g/mol. The van der Waals surface area contributed by atoms with E-state index in [1.54, 1.807) is 0 Å². The van der Waals surface area contributed by atoms with E-state index in [0.29, 0.717) is 6.04 Å². The van der Waals surface area contributed by atoms with Gasteiger partial charge in [-0.2, -0.15) is 5.10 Å². The molecule has 0 fully saturated rings. The third-order valence-electron chi connectivity index (χ3n) is 2.69. The summed E-state index contributed by atoms with van der Waals surface area (Å²) in [6.45, 7) is 7.92. The normalized spacial score (nSPS) is 11.1. The highest BCUT2D eigenvalue weighted by molar-refractivity contribution is 5.14. The van der Waals surface area contributed by atoms with Crippen LogP contribution in [0.3, 0.4) is 0 Å². The Labute approximate surface area is 108 Å². The van der Waals surface area contributed by atoms with E-state index in [9.17, 15) is 0 Å². The molecule has 2 rings (SSSR count). The van der Waals surface area contributed by atoms with Gasteiger partial charge in [-0.25, -0.2) is 0 Å². The van der Waals surface area contributed by atoms with Crippen LogP contribution in [0.1, 0.15) is 30.7 Å². The Morgan fingerprint density at radius 1 is 1.28 bits per heavy atom. The van der Waals surface area contributed by atoms with E-state index in [4.69, 9.17) is 0 Å². The molecule has 0 unspecified atom stereocenters. The molecule has 0 aliphatic carbocycles. The molecule has 0 saturated heterocycles. The van der Waals surface area contributed by atoms with Gasteiger partial charge >= 0.3 is 0 Å². The van der Waals surface area contributed by atoms with Gasteiger partial charge < -0.3 is 5.32 Å². The van der Waals surface area contributed by atoms with Crippen LogP contribution in [0.25, 0.3) is 0 Å². The van der Waals surface area contributed by atoms with E-state index in [2.05, 4.69) is 41.4 Å². The zero-order valence-corrected chi connectivity index (χ0v) is 11.2. The molecule has 0 amide bonds. The van der Waals surface area contributed by atoms with Gasteiger partial charge in [0, 0.05) is 25.0 Å². The van der Waals surface area contributed by atoms with E-state index in [1.165, 1.54) is 11.1 Å². The smallest absolute Gasteiger partial charge is 0.0831 e. The molecule has 2 aromatic heterocycles. The zero-order chi connectivity index (χ0) is 13.0. The van der Waals surface area contributed by atoms with Gasteiger partial charge in [-0.1, -0.05) is 19.9 Å². The maximum Gasteiger partial charge on any atom is 0.0831 e. The number of hydrogen-bond acceptors (Lipinski definition) is 3. The molecule has 96 valence electrons. The minimum atomic E-state index is 0.497. The van der Waals surface area contributed by atoms with Crippen molar-refractivity contribution in [3.8, 4) is 0 Å². The first kappa shape index (κ1) is 12.8. The first-order valence-corrected chi connectivity index (χ1v) is 6.30. The Morgan fingerprint density at radius 2 is 2.11 bits per heavy atom. The third-order valence-corrected chi connectivity index (χ3v) is 2.69. The molecule has 0 aliphatic heterocycles. The van der Waals surface area contributed by atoms with Crippen LogP contribution in [-0.4, -0.2) is 20.8 Å². The Kier molecular flexibility index (Phi) is 4.10. The number of aryl methyl sites for hydroxylation is 1. The van der Waals surface area contributed by atoms with Crippen molar-refractivity contribution in [2.24, 2.45) is 0 Å². The lowest BCUT2D eigenvalue weighted by molar-refractivity contribution is 0.587. The highest BCUT2D eigenvalue weighted by Crippen LogP contribution is 2.03. The summed E-state index contributed by atoms with van der Waals surface area (Å²) in [6.07, 6.45) is 5.82. The maximum atomic E-state index is 4.46. The quantitative estimate of drug-likeness (QED) is 0.876. The van der Waals surface area contributed by atoms with Gasteiger partial charge in [-0.05, 0) is 24.1 Å². The molecule has 4 nitrogen and oxygen atoms in total. The fourth-order valence-electron chi connectivity index (χ4n) is 1.69. The summed E-state index contributed by atoms with van der Waals surface area (Å²) in [4.78, 5) is 4.46. The Balaban J connectivity index is 1.95. The van der Waals surface area contributed by atoms with Gasteiger partial charge in [0.2, 0.25) is 0 Å². The summed E-state index contributed by atoms with van der Waals surface area (Å²) in [7, 11) is 0. The summed E-state index contributed by atoms with van der Waals surface area (Å²) in [5.41, 5.74) is 3.42. The molecule has 0 bridgehead atoms. The summed E-state index contributed by atoms with van der Waals surface area (Å²) in [6, 6.07) is 4.68. The number of hydrogen-bond donors (Lipinski definition) is 1. The predicted octanol–water partition coefficient (Wildman–Crippen LogP) is 2.13. The van der Waals surface area contributed by atoms with Crippen molar-refractivity contribution in [3.05, 3.63) is 47.5 Å². The largest absolute Gasteiger partial charge is 0.310 e. The molecular formula is C14H20N4. The molecule has 0 saturated carbocycles. The number of rotatable bonds is 5. The summed E-state index contributed by atoms with van der Waals surface area (Å²) >= 11 is 0. The van der Waals surface area contributed by atoms with Crippen LogP contribution in [0, 0.1) is 6.92 Å². The lowest BCUT2D eigenvalue weighted by Crippen LogP contribution is -2.21. The average Bonchev–Trinajstić information content (AvgIpc) is 2.74. The number of nitrogens with zero attached hydrogens (tertiary/aromatic N) is 3. The Morgan fingerprint density at radius 3 is 2.67 bits per heavy atom. The maximum absolute atomic E-state index is 4.46. The number of aromatic nitrogens is 3. The van der Waals surface area contributed by atoms with E-state index >= 15 is 0 Å². The van der Waals surface area contributed by atoms with Crippen LogP contribution < -0.4 is 5.32 Å². The van der Waals surface area contributed by atoms with Crippen molar-refractivity contribution in [1.29, 1.82) is 0 Å². The van der Waals surface area contributed by atoms with Crippen molar-refractivity contribution in [3.63, 3.8) is 0 Å². The second-order valence-electron chi connectivity index (χ2n) is 4.91. The lowest BCUT2D eigenvalue weighted by atomic mass is 10.2. The van der Waals surface area contributed by atoms with Crippen molar-refractivity contribution >= 4 is 0 Å². The van der Waals surface area contributed by atoms with Crippen LogP contribution in [0.2, 0.25) is 0 Å². The first-order chi connectivity index (χ1) is 8.63. The van der Waals surface area contributed by atoms with Gasteiger partial charge in [0.1, 0.15) is 0 Å². The summed E-state index contributed by atoms with van der Waals surface area (Å²) < 4.78 is 1.91. The first-order valence-electron chi connectivity index (χ1n) is 6.30. The van der Waals surface area contributed by atoms with Crippen LogP contribution >= 0.6 is 0 Å². The number of pyridine rings is 1. The highest BCUT2D eigenvalue weighted by atomic mass is 15.3. The van der Waals surface area contributed by atoms with Gasteiger partial charge in [-0.3, -0.25) is 9.67 Å². The van der Waals surface area contributed by atoms with Gasteiger partial charge in [-0.15, -0.1) is 0 Å². The van der Waals surface area contributed by atoms with E-state index < -0.39 is 0 Å². The van der Waals surface area contributed by atoms with E-state index in [1.807, 2.05) is 30.2 Å². The molecule has 0 aliphatic rings. The van der Waals surface area contributed by atoms with Crippen LogP contribution in [0.5, 0.6) is 0 Å². The van der Waals surface area contributed by atoms with Gasteiger partial charge in [0.05, 0.1) is 18.4 Å². The van der Waals surface area contributed by atoms with Crippen molar-refractivity contribution in [2.75, 3.05) is 0 Å². The minimum absolute atomic E-state index is 0.497. The molecule has 0 atom stereocenters. The fourth-order valence-corrected chi connectivity index (χ4v) is 1.69. The second kappa shape index (κ2) is 5.78. The van der Waals surface area contributed by atoms with Crippen molar-refractivity contribution in [2.45, 2.75) is 39.9 Å². The lowest BCUT2D eigenvalue weighted by Gasteiger charge is -2.08. The molecule has 0 spiro atoms. The van der Waals surface area contributed by atoms with Crippen molar-refractivity contribution < 1.29 is 0 Å². The van der Waals surface area contributed by atoms with E-state index in [0.717, 1.165) is 18.8 Å². The summed E-state index contributed by atoms with van der Waals surface area (Å²) in [5.74, 6) is 0. The molecule has 1 N–H and O–H groups in total. The fraction of sp³-hybridized carbons (Fsp3) is 0.429. The molecule has 18 heavy (non-hydrogen) atoms. The Hall–Kier alpha value is -1.68. The molecule has 4 heteroatoms. The number of nitrogens with one attached hydrogen (secondary N) is 1.